The number of amides is 2. The van der Waals surface area contributed by atoms with Crippen molar-refractivity contribution in [3.63, 3.8) is 0 Å². The Hall–Kier alpha value is -4.21. The highest BCUT2D eigenvalue weighted by atomic mass is 16.5. The van der Waals surface area contributed by atoms with Crippen molar-refractivity contribution in [2.45, 2.75) is 25.8 Å². The molecule has 4 rings (SSSR count). The van der Waals surface area contributed by atoms with Crippen LogP contribution in [0, 0.1) is 5.92 Å². The molecular weight excluding hydrogens is 490 g/mol. The molecule has 1 saturated carbocycles. The van der Waals surface area contributed by atoms with Gasteiger partial charge in [0.2, 0.25) is 5.75 Å². The van der Waals surface area contributed by atoms with Crippen molar-refractivity contribution in [3.8, 4) is 23.0 Å². The summed E-state index contributed by atoms with van der Waals surface area (Å²) < 4.78 is 26.9. The third kappa shape index (κ3) is 6.56. The summed E-state index contributed by atoms with van der Waals surface area (Å²) >= 11 is 0. The number of hydrogen-bond donors (Lipinski definition) is 1. The van der Waals surface area contributed by atoms with Gasteiger partial charge < -0.3 is 33.7 Å². The average Bonchev–Trinajstić information content (AvgIpc) is 3.67. The maximum absolute atomic E-state index is 13.7. The monoisotopic (exact) mass is 523 g/mol. The summed E-state index contributed by atoms with van der Waals surface area (Å²) in [7, 11) is 6.12. The molecule has 1 N–H and O–H groups in total. The van der Waals surface area contributed by atoms with Crippen LogP contribution in [0.15, 0.2) is 47.0 Å². The van der Waals surface area contributed by atoms with Crippen LogP contribution in [-0.2, 0) is 13.0 Å². The molecule has 0 aliphatic heterocycles. The van der Waals surface area contributed by atoms with E-state index in [4.69, 9.17) is 23.5 Å². The van der Waals surface area contributed by atoms with Gasteiger partial charge in [-0.05, 0) is 55.0 Å². The molecule has 0 spiro atoms. The van der Waals surface area contributed by atoms with E-state index in [0.717, 1.165) is 24.2 Å². The fourth-order valence-corrected chi connectivity index (χ4v) is 4.03. The van der Waals surface area contributed by atoms with E-state index in [-0.39, 0.29) is 24.1 Å². The predicted molar refractivity (Wildman–Crippen MR) is 139 cm³/mol. The number of nitrogens with one attached hydrogen (secondary N) is 1. The van der Waals surface area contributed by atoms with Gasteiger partial charge in [-0.25, -0.2) is 0 Å². The summed E-state index contributed by atoms with van der Waals surface area (Å²) in [5, 5.41) is 6.80. The van der Waals surface area contributed by atoms with E-state index in [1.165, 1.54) is 21.3 Å². The van der Waals surface area contributed by atoms with Crippen LogP contribution < -0.4 is 24.3 Å². The van der Waals surface area contributed by atoms with E-state index in [2.05, 4.69) is 10.5 Å². The fourth-order valence-electron chi connectivity index (χ4n) is 4.03. The summed E-state index contributed by atoms with van der Waals surface area (Å²) in [4.78, 5) is 27.8. The first kappa shape index (κ1) is 26.8. The first-order valence-corrected chi connectivity index (χ1v) is 12.4. The van der Waals surface area contributed by atoms with E-state index >= 15 is 0 Å². The van der Waals surface area contributed by atoms with E-state index in [9.17, 15) is 9.59 Å². The Morgan fingerprint density at radius 2 is 1.66 bits per heavy atom. The number of aromatic nitrogens is 1. The van der Waals surface area contributed by atoms with Crippen molar-refractivity contribution in [2.24, 2.45) is 5.92 Å². The molecule has 0 radical (unpaired) electrons. The minimum atomic E-state index is -0.285. The van der Waals surface area contributed by atoms with Crippen LogP contribution >= 0.6 is 0 Å². The molecule has 3 aromatic rings. The first-order chi connectivity index (χ1) is 18.4. The van der Waals surface area contributed by atoms with E-state index in [0.29, 0.717) is 54.0 Å². The lowest BCUT2D eigenvalue weighted by molar-refractivity contribution is 0.0728. The molecule has 2 aromatic carbocycles. The molecule has 1 aliphatic carbocycles. The Balaban J connectivity index is 1.56. The van der Waals surface area contributed by atoms with Gasteiger partial charge in [-0.3, -0.25) is 9.59 Å². The Morgan fingerprint density at radius 3 is 2.24 bits per heavy atom. The number of nitrogens with zero attached hydrogens (tertiary/aromatic N) is 2. The molecule has 10 nitrogen and oxygen atoms in total. The van der Waals surface area contributed by atoms with Gasteiger partial charge in [0.1, 0.15) is 5.75 Å². The van der Waals surface area contributed by atoms with Crippen molar-refractivity contribution in [3.05, 3.63) is 65.0 Å². The summed E-state index contributed by atoms with van der Waals surface area (Å²) in [5.41, 5.74) is 1.58. The third-order valence-corrected chi connectivity index (χ3v) is 6.41. The SMILES string of the molecule is COc1ccc(CCN(Cc2cc(C(=O)NCC3CC3)no2)C(=O)c2cc(OC)c(OC)c(OC)c2)cc1. The number of benzene rings is 2. The predicted octanol–water partition coefficient (Wildman–Crippen LogP) is 3.73. The zero-order valence-corrected chi connectivity index (χ0v) is 22.1. The highest BCUT2D eigenvalue weighted by Crippen LogP contribution is 2.38. The Labute approximate surface area is 221 Å². The van der Waals surface area contributed by atoms with Crippen LogP contribution in [0.3, 0.4) is 0 Å². The van der Waals surface area contributed by atoms with Crippen LogP contribution in [0.4, 0.5) is 0 Å². The highest BCUT2D eigenvalue weighted by molar-refractivity contribution is 5.96. The van der Waals surface area contributed by atoms with Gasteiger partial charge >= 0.3 is 0 Å². The molecule has 1 aliphatic rings. The highest BCUT2D eigenvalue weighted by Gasteiger charge is 2.25. The molecule has 202 valence electrons. The van der Waals surface area contributed by atoms with E-state index in [1.807, 2.05) is 24.3 Å². The topological polar surface area (TPSA) is 112 Å². The quantitative estimate of drug-likeness (QED) is 0.361. The maximum Gasteiger partial charge on any atom is 0.273 e. The summed E-state index contributed by atoms with van der Waals surface area (Å²) in [6, 6.07) is 12.5. The maximum atomic E-state index is 13.7. The molecule has 0 bridgehead atoms. The summed E-state index contributed by atoms with van der Waals surface area (Å²) in [5.74, 6) is 2.30. The Bertz CT molecular complexity index is 1230. The van der Waals surface area contributed by atoms with Crippen molar-refractivity contribution in [1.82, 2.24) is 15.4 Å². The van der Waals surface area contributed by atoms with Gasteiger partial charge in [0, 0.05) is 24.7 Å². The fraction of sp³-hybridized carbons (Fsp3) is 0.393. The van der Waals surface area contributed by atoms with Crippen LogP contribution in [-0.4, -0.2) is 63.4 Å². The molecule has 0 atom stereocenters. The molecule has 38 heavy (non-hydrogen) atoms. The third-order valence-electron chi connectivity index (χ3n) is 6.41. The van der Waals surface area contributed by atoms with Gasteiger partial charge in [0.05, 0.1) is 35.0 Å². The molecule has 1 heterocycles. The second-order valence-electron chi connectivity index (χ2n) is 9.07. The van der Waals surface area contributed by atoms with Gasteiger partial charge in [0.15, 0.2) is 23.0 Å². The zero-order chi connectivity index (χ0) is 27.1. The van der Waals surface area contributed by atoms with E-state index in [1.54, 1.807) is 30.2 Å². The summed E-state index contributed by atoms with van der Waals surface area (Å²) in [6.45, 7) is 1.13. The van der Waals surface area contributed by atoms with Gasteiger partial charge in [-0.1, -0.05) is 17.3 Å². The van der Waals surface area contributed by atoms with Gasteiger partial charge in [-0.2, -0.15) is 0 Å². The van der Waals surface area contributed by atoms with Crippen LogP contribution in [0.25, 0.3) is 0 Å². The Morgan fingerprint density at radius 1 is 0.974 bits per heavy atom. The number of carbonyl (C=O) groups is 2. The molecule has 0 unspecified atom stereocenters. The second-order valence-corrected chi connectivity index (χ2v) is 9.07. The standard InChI is InChI=1S/C28H33N3O7/c1-34-21-9-7-18(8-10-21)11-12-31(17-22-15-23(30-38-22)27(32)29-16-19-5-6-19)28(33)20-13-24(35-2)26(37-4)25(14-20)36-3/h7-10,13-15,19H,5-6,11-12,16-17H2,1-4H3,(H,29,32). The molecule has 0 saturated heterocycles. The largest absolute Gasteiger partial charge is 0.497 e. The number of carbonyl (C=O) groups excluding carboxylic acids is 2. The van der Waals surface area contributed by atoms with Crippen LogP contribution in [0.5, 0.6) is 23.0 Å². The van der Waals surface area contributed by atoms with Gasteiger partial charge in [0.25, 0.3) is 11.8 Å². The number of ether oxygens (including phenoxy) is 4. The van der Waals surface area contributed by atoms with Crippen molar-refractivity contribution >= 4 is 11.8 Å². The first-order valence-electron chi connectivity index (χ1n) is 12.4. The molecule has 2 amide bonds. The normalized spacial score (nSPS) is 12.5. The molecular formula is C28H33N3O7. The minimum Gasteiger partial charge on any atom is -0.497 e. The number of rotatable bonds is 13. The van der Waals surface area contributed by atoms with Crippen LogP contribution in [0.2, 0.25) is 0 Å². The summed E-state index contributed by atoms with van der Waals surface area (Å²) in [6.07, 6.45) is 2.86. The molecule has 10 heteroatoms. The molecule has 1 aromatic heterocycles. The minimum absolute atomic E-state index is 0.120. The lowest BCUT2D eigenvalue weighted by atomic mass is 10.1. The average molecular weight is 524 g/mol. The van der Waals surface area contributed by atoms with E-state index < -0.39 is 0 Å². The van der Waals surface area contributed by atoms with Gasteiger partial charge in [-0.15, -0.1) is 0 Å². The van der Waals surface area contributed by atoms with Crippen molar-refractivity contribution in [2.75, 3.05) is 41.5 Å². The lowest BCUT2D eigenvalue weighted by Gasteiger charge is -2.23. The number of hydrogen-bond acceptors (Lipinski definition) is 8. The van der Waals surface area contributed by atoms with Crippen molar-refractivity contribution < 1.29 is 33.1 Å². The number of methoxy groups -OCH3 is 4. The second kappa shape index (κ2) is 12.4. The Kier molecular flexibility index (Phi) is 8.73. The van der Waals surface area contributed by atoms with Crippen LogP contribution in [0.1, 0.15) is 45.0 Å². The molecule has 1 fully saturated rings. The zero-order valence-electron chi connectivity index (χ0n) is 22.1. The smallest absolute Gasteiger partial charge is 0.273 e. The lowest BCUT2D eigenvalue weighted by Crippen LogP contribution is -2.32. The van der Waals surface area contributed by atoms with Crippen molar-refractivity contribution in [1.29, 1.82) is 0 Å².